The Labute approximate surface area is 133 Å². The maximum absolute atomic E-state index is 10.4. The zero-order valence-corrected chi connectivity index (χ0v) is 13.7. The summed E-state index contributed by atoms with van der Waals surface area (Å²) in [5.74, 6) is 0.685. The first-order valence-electron chi connectivity index (χ1n) is 8.23. The van der Waals surface area contributed by atoms with Crippen LogP contribution >= 0.6 is 0 Å². The number of nitrogens with two attached hydrogens (primary N) is 1. The molecule has 1 aromatic carbocycles. The van der Waals surface area contributed by atoms with Crippen LogP contribution in [0.15, 0.2) is 18.2 Å². The van der Waals surface area contributed by atoms with Crippen molar-refractivity contribution in [2.45, 2.75) is 38.9 Å². The van der Waals surface area contributed by atoms with E-state index in [0.717, 1.165) is 44.7 Å². The van der Waals surface area contributed by atoms with Gasteiger partial charge in [-0.3, -0.25) is 0 Å². The number of benzene rings is 1. The number of ether oxygens (including phenoxy) is 1. The average Bonchev–Trinajstić information content (AvgIpc) is 2.75. The van der Waals surface area contributed by atoms with Gasteiger partial charge >= 0.3 is 0 Å². The Morgan fingerprint density at radius 3 is 2.86 bits per heavy atom. The number of rotatable bonds is 6. The third kappa shape index (κ3) is 5.16. The summed E-state index contributed by atoms with van der Waals surface area (Å²) in [7, 11) is 0. The fourth-order valence-corrected chi connectivity index (χ4v) is 2.73. The van der Waals surface area contributed by atoms with Crippen LogP contribution in [0.1, 0.15) is 38.4 Å². The predicted molar refractivity (Wildman–Crippen MR) is 90.1 cm³/mol. The summed E-state index contributed by atoms with van der Waals surface area (Å²) >= 11 is 0. The van der Waals surface area contributed by atoms with Crippen molar-refractivity contribution in [1.82, 2.24) is 10.2 Å². The Morgan fingerprint density at radius 1 is 1.32 bits per heavy atom. The fraction of sp³-hybridized carbons (Fsp3) is 0.647. The lowest BCUT2D eigenvalue weighted by atomic mass is 10.1. The highest BCUT2D eigenvalue weighted by atomic mass is 16.5. The third-order valence-corrected chi connectivity index (χ3v) is 3.93. The van der Waals surface area contributed by atoms with Gasteiger partial charge in [0.2, 0.25) is 0 Å². The van der Waals surface area contributed by atoms with Gasteiger partial charge in [0.25, 0.3) is 0 Å². The Bertz CT molecular complexity index is 457. The normalized spacial score (nSPS) is 18.2. The minimum Gasteiger partial charge on any atom is -0.489 e. The number of anilines is 1. The van der Waals surface area contributed by atoms with Crippen molar-refractivity contribution in [3.05, 3.63) is 23.8 Å². The van der Waals surface area contributed by atoms with Gasteiger partial charge in [-0.05, 0) is 57.5 Å². The molecule has 2 rings (SSSR count). The summed E-state index contributed by atoms with van der Waals surface area (Å²) in [6.45, 7) is 9.12. The zero-order valence-electron chi connectivity index (χ0n) is 13.7. The summed E-state index contributed by atoms with van der Waals surface area (Å²) in [6.07, 6.45) is 1.51. The van der Waals surface area contributed by atoms with E-state index in [1.54, 1.807) is 0 Å². The van der Waals surface area contributed by atoms with E-state index in [1.807, 2.05) is 32.0 Å². The first-order chi connectivity index (χ1) is 10.6. The average molecular weight is 307 g/mol. The second-order valence-corrected chi connectivity index (χ2v) is 6.21. The second-order valence-electron chi connectivity index (χ2n) is 6.21. The number of hydrogen-bond acceptors (Lipinski definition) is 5. The van der Waals surface area contributed by atoms with Crippen molar-refractivity contribution in [1.29, 1.82) is 0 Å². The highest BCUT2D eigenvalue weighted by Gasteiger charge is 2.14. The summed E-state index contributed by atoms with van der Waals surface area (Å²) < 4.78 is 5.63. The molecule has 0 aliphatic carbocycles. The molecule has 5 nitrogen and oxygen atoms in total. The molecule has 1 aromatic rings. The molecule has 1 atom stereocenters. The van der Waals surface area contributed by atoms with Crippen LogP contribution in [0.5, 0.6) is 5.75 Å². The molecule has 1 aliphatic heterocycles. The molecule has 1 heterocycles. The van der Waals surface area contributed by atoms with Crippen LogP contribution < -0.4 is 15.8 Å². The van der Waals surface area contributed by atoms with E-state index in [9.17, 15) is 5.11 Å². The van der Waals surface area contributed by atoms with Gasteiger partial charge in [0.15, 0.2) is 0 Å². The van der Waals surface area contributed by atoms with E-state index < -0.39 is 6.10 Å². The van der Waals surface area contributed by atoms with Crippen LogP contribution in [0.25, 0.3) is 0 Å². The number of aliphatic hydroxyl groups excluding tert-OH is 1. The second kappa shape index (κ2) is 8.36. The van der Waals surface area contributed by atoms with E-state index in [1.165, 1.54) is 6.42 Å². The van der Waals surface area contributed by atoms with Crippen LogP contribution in [-0.4, -0.2) is 48.8 Å². The number of hydrogen-bond donors (Lipinski definition) is 3. The van der Waals surface area contributed by atoms with Gasteiger partial charge in [0.1, 0.15) is 5.75 Å². The van der Waals surface area contributed by atoms with Crippen molar-refractivity contribution >= 4 is 5.69 Å². The van der Waals surface area contributed by atoms with E-state index in [0.29, 0.717) is 11.4 Å². The standard InChI is InChI=1S/C17H29N3O2/c1-13(2)22-17-5-4-14(12-15(17)18)16(21)6-10-20-9-3-7-19-8-11-20/h4-5,12-13,16,19,21H,3,6-11,18H2,1-2H3. The Hall–Kier alpha value is -1.30. The molecule has 1 unspecified atom stereocenters. The van der Waals surface area contributed by atoms with E-state index in [4.69, 9.17) is 10.5 Å². The van der Waals surface area contributed by atoms with Gasteiger partial charge in [0.05, 0.1) is 17.9 Å². The third-order valence-electron chi connectivity index (χ3n) is 3.93. The molecule has 22 heavy (non-hydrogen) atoms. The van der Waals surface area contributed by atoms with Crippen molar-refractivity contribution < 1.29 is 9.84 Å². The lowest BCUT2D eigenvalue weighted by molar-refractivity contribution is 0.144. The van der Waals surface area contributed by atoms with Crippen molar-refractivity contribution in [3.63, 3.8) is 0 Å². The lowest BCUT2D eigenvalue weighted by Crippen LogP contribution is -2.29. The van der Waals surface area contributed by atoms with Crippen molar-refractivity contribution in [2.24, 2.45) is 0 Å². The summed E-state index contributed by atoms with van der Waals surface area (Å²) in [6, 6.07) is 5.58. The van der Waals surface area contributed by atoms with Gasteiger partial charge < -0.3 is 25.8 Å². The molecule has 0 radical (unpaired) electrons. The molecule has 1 fully saturated rings. The molecule has 1 aliphatic rings. The first-order valence-corrected chi connectivity index (χ1v) is 8.23. The predicted octanol–water partition coefficient (Wildman–Crippen LogP) is 1.77. The highest BCUT2D eigenvalue weighted by molar-refractivity contribution is 5.54. The quantitative estimate of drug-likeness (QED) is 0.699. The monoisotopic (exact) mass is 307 g/mol. The molecule has 0 aromatic heterocycles. The number of nitrogens with one attached hydrogen (secondary N) is 1. The SMILES string of the molecule is CC(C)Oc1ccc(C(O)CCN2CCCNCC2)cc1N. The minimum absolute atomic E-state index is 0.0923. The Morgan fingerprint density at radius 2 is 2.14 bits per heavy atom. The molecule has 0 saturated carbocycles. The first kappa shape index (κ1) is 17.1. The van der Waals surface area contributed by atoms with Gasteiger partial charge in [0, 0.05) is 19.6 Å². The molecular weight excluding hydrogens is 278 g/mol. The Balaban J connectivity index is 1.88. The van der Waals surface area contributed by atoms with Gasteiger partial charge in [-0.1, -0.05) is 6.07 Å². The van der Waals surface area contributed by atoms with E-state index in [2.05, 4.69) is 10.2 Å². The van der Waals surface area contributed by atoms with E-state index >= 15 is 0 Å². The number of aliphatic hydroxyl groups is 1. The number of nitrogens with zero attached hydrogens (tertiary/aromatic N) is 1. The molecule has 4 N–H and O–H groups in total. The van der Waals surface area contributed by atoms with Crippen LogP contribution in [-0.2, 0) is 0 Å². The topological polar surface area (TPSA) is 70.8 Å². The van der Waals surface area contributed by atoms with Crippen LogP contribution in [0, 0.1) is 0 Å². The molecule has 0 amide bonds. The van der Waals surface area contributed by atoms with Crippen LogP contribution in [0.2, 0.25) is 0 Å². The van der Waals surface area contributed by atoms with Crippen molar-refractivity contribution in [2.75, 3.05) is 38.5 Å². The lowest BCUT2D eigenvalue weighted by Gasteiger charge is -2.21. The molecule has 0 spiro atoms. The summed E-state index contributed by atoms with van der Waals surface area (Å²) in [5, 5.41) is 13.8. The van der Waals surface area contributed by atoms with Crippen LogP contribution in [0.4, 0.5) is 5.69 Å². The largest absolute Gasteiger partial charge is 0.489 e. The zero-order chi connectivity index (χ0) is 15.9. The molecule has 124 valence electrons. The smallest absolute Gasteiger partial charge is 0.142 e. The molecular formula is C17H29N3O2. The maximum atomic E-state index is 10.4. The van der Waals surface area contributed by atoms with Gasteiger partial charge in [-0.15, -0.1) is 0 Å². The molecule has 1 saturated heterocycles. The van der Waals surface area contributed by atoms with Gasteiger partial charge in [-0.25, -0.2) is 0 Å². The van der Waals surface area contributed by atoms with Crippen molar-refractivity contribution in [3.8, 4) is 5.75 Å². The Kier molecular flexibility index (Phi) is 6.49. The summed E-state index contributed by atoms with van der Waals surface area (Å²) in [5.41, 5.74) is 7.46. The molecule has 0 bridgehead atoms. The maximum Gasteiger partial charge on any atom is 0.142 e. The fourth-order valence-electron chi connectivity index (χ4n) is 2.73. The van der Waals surface area contributed by atoms with Crippen LogP contribution in [0.3, 0.4) is 0 Å². The minimum atomic E-state index is -0.480. The summed E-state index contributed by atoms with van der Waals surface area (Å²) in [4.78, 5) is 2.41. The highest BCUT2D eigenvalue weighted by Crippen LogP contribution is 2.27. The van der Waals surface area contributed by atoms with Gasteiger partial charge in [-0.2, -0.15) is 0 Å². The van der Waals surface area contributed by atoms with E-state index in [-0.39, 0.29) is 6.10 Å². The molecule has 5 heteroatoms. The number of nitrogen functional groups attached to an aromatic ring is 1.